The summed E-state index contributed by atoms with van der Waals surface area (Å²) in [6, 6.07) is 10.1. The number of hydrogen-bond donors (Lipinski definition) is 1. The minimum atomic E-state index is 0.231. The van der Waals surface area contributed by atoms with Crippen LogP contribution in [0.1, 0.15) is 19.3 Å². The lowest BCUT2D eigenvalue weighted by molar-refractivity contribution is -0.130. The minimum absolute atomic E-state index is 0.231. The summed E-state index contributed by atoms with van der Waals surface area (Å²) in [5.74, 6) is 0.231. The van der Waals surface area contributed by atoms with Gasteiger partial charge in [0.05, 0.1) is 5.69 Å². The van der Waals surface area contributed by atoms with E-state index < -0.39 is 0 Å². The molecule has 0 aliphatic carbocycles. The lowest BCUT2D eigenvalue weighted by atomic mass is 10.1. The number of benzene rings is 1. The van der Waals surface area contributed by atoms with Crippen LogP contribution in [-0.4, -0.2) is 33.4 Å². The molecule has 1 aliphatic heterocycles. The Morgan fingerprint density at radius 2 is 1.90 bits per heavy atom. The highest BCUT2D eigenvalue weighted by molar-refractivity contribution is 7.71. The van der Waals surface area contributed by atoms with E-state index >= 15 is 0 Å². The maximum atomic E-state index is 12.2. The van der Waals surface area contributed by atoms with Gasteiger partial charge in [0.2, 0.25) is 5.91 Å². The second kappa shape index (κ2) is 6.26. The Kier molecular flexibility index (Phi) is 4.20. The van der Waals surface area contributed by atoms with Gasteiger partial charge in [-0.1, -0.05) is 30.3 Å². The van der Waals surface area contributed by atoms with Crippen molar-refractivity contribution >= 4 is 18.1 Å². The van der Waals surface area contributed by atoms with Gasteiger partial charge < -0.3 is 14.5 Å². The number of imidazole rings is 1. The van der Waals surface area contributed by atoms with E-state index in [9.17, 15) is 4.79 Å². The van der Waals surface area contributed by atoms with Gasteiger partial charge in [0.1, 0.15) is 0 Å². The quantitative estimate of drug-likeness (QED) is 0.881. The number of carbonyl (C=O) groups is 1. The van der Waals surface area contributed by atoms with Gasteiger partial charge in [-0.25, -0.2) is 0 Å². The van der Waals surface area contributed by atoms with Crippen molar-refractivity contribution in [3.05, 3.63) is 41.3 Å². The van der Waals surface area contributed by atoms with Gasteiger partial charge >= 0.3 is 0 Å². The topological polar surface area (TPSA) is 41.0 Å². The maximum Gasteiger partial charge on any atom is 0.224 e. The third kappa shape index (κ3) is 3.08. The normalized spacial score (nSPS) is 14.6. The van der Waals surface area contributed by atoms with Gasteiger partial charge in [-0.2, -0.15) is 0 Å². The summed E-state index contributed by atoms with van der Waals surface area (Å²) in [6.07, 6.45) is 4.68. The molecule has 0 unspecified atom stereocenters. The molecule has 1 amide bonds. The molecular formula is C16H19N3OS. The van der Waals surface area contributed by atoms with Crippen LogP contribution in [0, 0.1) is 4.77 Å². The third-order valence-electron chi connectivity index (χ3n) is 3.95. The molecule has 4 nitrogen and oxygen atoms in total. The van der Waals surface area contributed by atoms with Crippen LogP contribution in [0.3, 0.4) is 0 Å². The molecule has 5 heteroatoms. The van der Waals surface area contributed by atoms with Crippen LogP contribution in [0.2, 0.25) is 0 Å². The Balaban J connectivity index is 1.75. The Morgan fingerprint density at radius 1 is 1.19 bits per heavy atom. The summed E-state index contributed by atoms with van der Waals surface area (Å²) < 4.78 is 2.68. The number of hydrogen-bond acceptors (Lipinski definition) is 2. The van der Waals surface area contributed by atoms with Crippen LogP contribution in [0.5, 0.6) is 0 Å². The van der Waals surface area contributed by atoms with E-state index in [4.69, 9.17) is 12.2 Å². The molecule has 0 saturated carbocycles. The van der Waals surface area contributed by atoms with Crippen LogP contribution < -0.4 is 0 Å². The number of aromatic amines is 1. The molecule has 1 N–H and O–H groups in total. The van der Waals surface area contributed by atoms with Gasteiger partial charge in [0, 0.05) is 32.3 Å². The average molecular weight is 301 g/mol. The summed E-state index contributed by atoms with van der Waals surface area (Å²) in [7, 11) is 0. The molecule has 0 bridgehead atoms. The van der Waals surface area contributed by atoms with Gasteiger partial charge in [0.15, 0.2) is 4.77 Å². The van der Waals surface area contributed by atoms with E-state index in [1.54, 1.807) is 0 Å². The first-order valence-electron chi connectivity index (χ1n) is 7.37. The lowest BCUT2D eigenvalue weighted by Crippen LogP contribution is -2.28. The third-order valence-corrected chi connectivity index (χ3v) is 4.28. The Labute approximate surface area is 129 Å². The zero-order chi connectivity index (χ0) is 14.7. The second-order valence-electron chi connectivity index (χ2n) is 5.33. The number of H-pyrrole nitrogens is 1. The fourth-order valence-corrected chi connectivity index (χ4v) is 3.05. The molecule has 0 spiro atoms. The molecule has 2 aromatic rings. The van der Waals surface area contributed by atoms with Crippen molar-refractivity contribution in [2.75, 3.05) is 13.1 Å². The summed E-state index contributed by atoms with van der Waals surface area (Å²) in [5, 5.41) is 0. The van der Waals surface area contributed by atoms with E-state index in [-0.39, 0.29) is 5.91 Å². The molecule has 2 heterocycles. The van der Waals surface area contributed by atoms with Crippen LogP contribution in [0.4, 0.5) is 0 Å². The molecule has 0 radical (unpaired) electrons. The summed E-state index contributed by atoms with van der Waals surface area (Å²) in [4.78, 5) is 17.2. The first kappa shape index (κ1) is 14.1. The first-order valence-corrected chi connectivity index (χ1v) is 7.78. The summed E-state index contributed by atoms with van der Waals surface area (Å²) in [6.45, 7) is 2.44. The molecule has 1 aromatic carbocycles. The minimum Gasteiger partial charge on any atom is -0.343 e. The molecule has 1 saturated heterocycles. The van der Waals surface area contributed by atoms with Crippen LogP contribution in [0.25, 0.3) is 11.3 Å². The lowest BCUT2D eigenvalue weighted by Gasteiger charge is -2.16. The number of aromatic nitrogens is 2. The van der Waals surface area contributed by atoms with Gasteiger partial charge in [-0.15, -0.1) is 0 Å². The number of amides is 1. The van der Waals surface area contributed by atoms with Gasteiger partial charge in [0.25, 0.3) is 0 Å². The largest absolute Gasteiger partial charge is 0.343 e. The number of rotatable bonds is 4. The molecule has 21 heavy (non-hydrogen) atoms. The van der Waals surface area contributed by atoms with Crippen molar-refractivity contribution in [3.8, 4) is 11.3 Å². The zero-order valence-corrected chi connectivity index (χ0v) is 12.7. The molecular weight excluding hydrogens is 282 g/mol. The average Bonchev–Trinajstić information content (AvgIpc) is 3.16. The van der Waals surface area contributed by atoms with Crippen LogP contribution in [-0.2, 0) is 11.3 Å². The highest BCUT2D eigenvalue weighted by Gasteiger charge is 2.18. The van der Waals surface area contributed by atoms with E-state index in [0.29, 0.717) is 17.7 Å². The van der Waals surface area contributed by atoms with E-state index in [1.807, 2.05) is 33.9 Å². The summed E-state index contributed by atoms with van der Waals surface area (Å²) >= 11 is 5.34. The van der Waals surface area contributed by atoms with Crippen molar-refractivity contribution in [1.82, 2.24) is 14.5 Å². The molecule has 1 fully saturated rings. The number of likely N-dealkylation sites (tertiary alicyclic amines) is 1. The number of nitrogens with one attached hydrogen (secondary N) is 1. The first-order chi connectivity index (χ1) is 10.3. The predicted molar refractivity (Wildman–Crippen MR) is 85.5 cm³/mol. The fourth-order valence-electron chi connectivity index (χ4n) is 2.80. The second-order valence-corrected chi connectivity index (χ2v) is 5.72. The van der Waals surface area contributed by atoms with Crippen molar-refractivity contribution in [2.45, 2.75) is 25.8 Å². The van der Waals surface area contributed by atoms with Crippen LogP contribution >= 0.6 is 12.2 Å². The van der Waals surface area contributed by atoms with Crippen molar-refractivity contribution < 1.29 is 4.79 Å². The van der Waals surface area contributed by atoms with Crippen molar-refractivity contribution in [3.63, 3.8) is 0 Å². The molecule has 110 valence electrons. The Hall–Kier alpha value is -1.88. The monoisotopic (exact) mass is 301 g/mol. The number of nitrogens with zero attached hydrogens (tertiary/aromatic N) is 2. The number of carbonyl (C=O) groups excluding carboxylic acids is 1. The van der Waals surface area contributed by atoms with Gasteiger partial charge in [-0.3, -0.25) is 4.79 Å². The van der Waals surface area contributed by atoms with Crippen LogP contribution in [0.15, 0.2) is 36.5 Å². The SMILES string of the molecule is O=C(CCn1c(-c2ccccc2)c[nH]c1=S)N1CCCC1. The standard InChI is InChI=1S/C16H19N3OS/c20-15(18-9-4-5-10-18)8-11-19-14(12-17-16(19)21)13-6-2-1-3-7-13/h1-3,6-7,12H,4-5,8-11H2,(H,17,21). The highest BCUT2D eigenvalue weighted by Crippen LogP contribution is 2.20. The summed E-state index contributed by atoms with van der Waals surface area (Å²) in [5.41, 5.74) is 2.15. The fraction of sp³-hybridized carbons (Fsp3) is 0.375. The molecule has 1 aliphatic rings. The predicted octanol–water partition coefficient (Wildman–Crippen LogP) is 3.23. The van der Waals surface area contributed by atoms with Gasteiger partial charge in [-0.05, 0) is 30.6 Å². The van der Waals surface area contributed by atoms with E-state index in [2.05, 4.69) is 17.1 Å². The zero-order valence-electron chi connectivity index (χ0n) is 11.9. The molecule has 1 aromatic heterocycles. The van der Waals surface area contributed by atoms with Crippen molar-refractivity contribution in [1.29, 1.82) is 0 Å². The molecule has 3 rings (SSSR count). The van der Waals surface area contributed by atoms with E-state index in [1.165, 1.54) is 0 Å². The van der Waals surface area contributed by atoms with E-state index in [0.717, 1.165) is 37.2 Å². The highest BCUT2D eigenvalue weighted by atomic mass is 32.1. The maximum absolute atomic E-state index is 12.2. The Bertz CT molecular complexity index is 668. The Morgan fingerprint density at radius 3 is 2.62 bits per heavy atom. The molecule has 0 atom stereocenters. The smallest absolute Gasteiger partial charge is 0.224 e. The van der Waals surface area contributed by atoms with Crippen molar-refractivity contribution in [2.24, 2.45) is 0 Å².